The summed E-state index contributed by atoms with van der Waals surface area (Å²) in [5.74, 6) is 0.968. The van der Waals surface area contributed by atoms with Crippen LogP contribution in [-0.2, 0) is 11.4 Å². The van der Waals surface area contributed by atoms with Crippen molar-refractivity contribution < 1.29 is 23.6 Å². The van der Waals surface area contributed by atoms with E-state index >= 15 is 0 Å². The molecule has 2 N–H and O–H groups in total. The van der Waals surface area contributed by atoms with Crippen molar-refractivity contribution in [1.82, 2.24) is 15.8 Å². The first-order valence-corrected chi connectivity index (χ1v) is 8.92. The lowest BCUT2D eigenvalue weighted by Crippen LogP contribution is -2.45. The molecule has 8 nitrogen and oxygen atoms in total. The first-order valence-electron chi connectivity index (χ1n) is 8.92. The first-order chi connectivity index (χ1) is 13.1. The lowest BCUT2D eigenvalue weighted by Gasteiger charge is -2.20. The molecule has 1 aromatic heterocycles. The number of rotatable bonds is 7. The Morgan fingerprint density at radius 2 is 1.89 bits per heavy atom. The fraction of sp³-hybridized carbons (Fsp3) is 0.450. The van der Waals surface area contributed by atoms with E-state index in [1.54, 1.807) is 18.2 Å². The Bertz CT molecular complexity index is 833. The third-order valence-corrected chi connectivity index (χ3v) is 3.90. The minimum atomic E-state index is -0.375. The molecular formula is C20H27N3O5. The predicted molar refractivity (Wildman–Crippen MR) is 104 cm³/mol. The Balaban J connectivity index is 2.01. The molecule has 1 heterocycles. The van der Waals surface area contributed by atoms with Crippen molar-refractivity contribution in [3.8, 4) is 11.5 Å². The zero-order valence-corrected chi connectivity index (χ0v) is 17.1. The van der Waals surface area contributed by atoms with Gasteiger partial charge in [-0.15, -0.1) is 0 Å². The number of methoxy groups -OCH3 is 1. The summed E-state index contributed by atoms with van der Waals surface area (Å²) in [6, 6.07) is 4.84. The number of aromatic nitrogens is 1. The third kappa shape index (κ3) is 5.73. The van der Waals surface area contributed by atoms with Crippen LogP contribution in [0.2, 0.25) is 0 Å². The highest BCUT2D eigenvalue weighted by atomic mass is 16.5. The van der Waals surface area contributed by atoms with Crippen molar-refractivity contribution in [3.05, 3.63) is 40.8 Å². The molecule has 0 atom stereocenters. The zero-order valence-electron chi connectivity index (χ0n) is 17.1. The monoisotopic (exact) mass is 389 g/mol. The van der Waals surface area contributed by atoms with Crippen LogP contribution in [0.15, 0.2) is 22.7 Å². The molecule has 0 aliphatic heterocycles. The molecule has 2 amide bonds. The molecule has 0 bridgehead atoms. The average molecular weight is 389 g/mol. The molecule has 0 spiro atoms. The Kier molecular flexibility index (Phi) is 6.66. The molecule has 0 aliphatic rings. The highest BCUT2D eigenvalue weighted by Gasteiger charge is 2.17. The number of hydrogen-bond acceptors (Lipinski definition) is 6. The van der Waals surface area contributed by atoms with Crippen molar-refractivity contribution in [3.63, 3.8) is 0 Å². The maximum absolute atomic E-state index is 12.3. The number of nitrogens with zero attached hydrogens (tertiary/aromatic N) is 1. The molecule has 1 aromatic carbocycles. The maximum atomic E-state index is 12.3. The summed E-state index contributed by atoms with van der Waals surface area (Å²) in [4.78, 5) is 24.2. The van der Waals surface area contributed by atoms with Crippen LogP contribution in [0, 0.1) is 13.8 Å². The maximum Gasteiger partial charge on any atom is 0.251 e. The number of carbonyl (C=O) groups is 2. The molecule has 2 rings (SSSR count). The molecule has 0 saturated heterocycles. The van der Waals surface area contributed by atoms with Gasteiger partial charge in [-0.1, -0.05) is 5.16 Å². The van der Waals surface area contributed by atoms with Crippen LogP contribution in [0.1, 0.15) is 48.1 Å². The number of aryl methyl sites for hydroxylation is 2. The molecule has 2 aromatic rings. The smallest absolute Gasteiger partial charge is 0.251 e. The summed E-state index contributed by atoms with van der Waals surface area (Å²) in [7, 11) is 1.50. The molecular weight excluding hydrogens is 362 g/mol. The Hall–Kier alpha value is -3.03. The van der Waals surface area contributed by atoms with Gasteiger partial charge in [0.25, 0.3) is 5.91 Å². The van der Waals surface area contributed by atoms with Gasteiger partial charge in [-0.3, -0.25) is 9.59 Å². The van der Waals surface area contributed by atoms with E-state index in [0.717, 1.165) is 11.3 Å². The van der Waals surface area contributed by atoms with Crippen molar-refractivity contribution >= 4 is 11.8 Å². The normalized spacial score (nSPS) is 11.1. The van der Waals surface area contributed by atoms with E-state index < -0.39 is 0 Å². The van der Waals surface area contributed by atoms with E-state index in [1.807, 2.05) is 34.6 Å². The largest absolute Gasteiger partial charge is 0.493 e. The van der Waals surface area contributed by atoms with Gasteiger partial charge < -0.3 is 24.6 Å². The third-order valence-electron chi connectivity index (χ3n) is 3.90. The number of nitrogens with one attached hydrogen (secondary N) is 2. The van der Waals surface area contributed by atoms with Crippen molar-refractivity contribution in [2.45, 2.75) is 46.8 Å². The van der Waals surface area contributed by atoms with Gasteiger partial charge in [0, 0.05) is 11.1 Å². The summed E-state index contributed by atoms with van der Waals surface area (Å²) < 4.78 is 16.3. The van der Waals surface area contributed by atoms with Gasteiger partial charge in [0.05, 0.1) is 24.9 Å². The van der Waals surface area contributed by atoms with Gasteiger partial charge in [0.1, 0.15) is 12.4 Å². The van der Waals surface area contributed by atoms with Crippen LogP contribution in [-0.4, -0.2) is 36.2 Å². The molecule has 152 valence electrons. The summed E-state index contributed by atoms with van der Waals surface area (Å²) in [6.07, 6.45) is 0. The second-order valence-corrected chi connectivity index (χ2v) is 7.44. The molecule has 0 aliphatic carbocycles. The molecule has 0 radical (unpaired) electrons. The second kappa shape index (κ2) is 8.77. The first kappa shape index (κ1) is 21.3. The SMILES string of the molecule is COc1cc(C(=O)NCC(=O)NC(C)(C)C)ccc1OCc1c(C)noc1C. The summed E-state index contributed by atoms with van der Waals surface area (Å²) >= 11 is 0. The van der Waals surface area contributed by atoms with Crippen molar-refractivity contribution in [1.29, 1.82) is 0 Å². The topological polar surface area (TPSA) is 103 Å². The minimum Gasteiger partial charge on any atom is -0.493 e. The van der Waals surface area contributed by atoms with Crippen molar-refractivity contribution in [2.24, 2.45) is 0 Å². The molecule has 0 saturated carbocycles. The number of hydrogen-bond donors (Lipinski definition) is 2. The Morgan fingerprint density at radius 3 is 2.46 bits per heavy atom. The quantitative estimate of drug-likeness (QED) is 0.754. The Morgan fingerprint density at radius 1 is 1.18 bits per heavy atom. The highest BCUT2D eigenvalue weighted by molar-refractivity contribution is 5.97. The van der Waals surface area contributed by atoms with Gasteiger partial charge in [0.15, 0.2) is 11.5 Å². The number of ether oxygens (including phenoxy) is 2. The molecule has 28 heavy (non-hydrogen) atoms. The standard InChI is InChI=1S/C20H27N3O5/c1-12-15(13(2)28-23-12)11-27-16-8-7-14(9-17(16)26-6)19(25)21-10-18(24)22-20(3,4)5/h7-9H,10-11H2,1-6H3,(H,21,25)(H,22,24). The van der Waals surface area contributed by atoms with Crippen LogP contribution in [0.4, 0.5) is 0 Å². The van der Waals surface area contributed by atoms with E-state index in [-0.39, 0.29) is 30.5 Å². The second-order valence-electron chi connectivity index (χ2n) is 7.44. The van der Waals surface area contributed by atoms with E-state index in [2.05, 4.69) is 15.8 Å². The van der Waals surface area contributed by atoms with E-state index in [0.29, 0.717) is 22.8 Å². The molecule has 0 unspecified atom stereocenters. The number of benzene rings is 1. The van der Waals surface area contributed by atoms with Crippen LogP contribution < -0.4 is 20.1 Å². The van der Waals surface area contributed by atoms with Crippen LogP contribution in [0.5, 0.6) is 11.5 Å². The number of amides is 2. The van der Waals surface area contributed by atoms with Crippen LogP contribution in [0.3, 0.4) is 0 Å². The molecule has 8 heteroatoms. The van der Waals surface area contributed by atoms with Gasteiger partial charge in [-0.05, 0) is 52.8 Å². The van der Waals surface area contributed by atoms with Gasteiger partial charge in [-0.2, -0.15) is 0 Å². The van der Waals surface area contributed by atoms with E-state index in [1.165, 1.54) is 7.11 Å². The summed E-state index contributed by atoms with van der Waals surface area (Å²) in [5, 5.41) is 9.27. The minimum absolute atomic E-state index is 0.108. The van der Waals surface area contributed by atoms with Crippen LogP contribution >= 0.6 is 0 Å². The lowest BCUT2D eigenvalue weighted by molar-refractivity contribution is -0.121. The van der Waals surface area contributed by atoms with Gasteiger partial charge in [-0.25, -0.2) is 0 Å². The zero-order chi connectivity index (χ0) is 20.9. The summed E-state index contributed by atoms with van der Waals surface area (Å²) in [6.45, 7) is 9.45. The Labute approximate surface area is 164 Å². The van der Waals surface area contributed by atoms with E-state index in [9.17, 15) is 9.59 Å². The number of carbonyl (C=O) groups excluding carboxylic acids is 2. The highest BCUT2D eigenvalue weighted by Crippen LogP contribution is 2.29. The van der Waals surface area contributed by atoms with Crippen LogP contribution in [0.25, 0.3) is 0 Å². The van der Waals surface area contributed by atoms with Crippen molar-refractivity contribution in [2.75, 3.05) is 13.7 Å². The fourth-order valence-corrected chi connectivity index (χ4v) is 2.51. The lowest BCUT2D eigenvalue weighted by atomic mass is 10.1. The van der Waals surface area contributed by atoms with E-state index in [4.69, 9.17) is 14.0 Å². The fourth-order valence-electron chi connectivity index (χ4n) is 2.51. The predicted octanol–water partition coefficient (Wildman–Crippen LogP) is 2.52. The molecule has 0 fully saturated rings. The van der Waals surface area contributed by atoms with Gasteiger partial charge >= 0.3 is 0 Å². The average Bonchev–Trinajstić information content (AvgIpc) is 2.94. The van der Waals surface area contributed by atoms with Gasteiger partial charge in [0.2, 0.25) is 5.91 Å². The summed E-state index contributed by atoms with van der Waals surface area (Å²) in [5.41, 5.74) is 1.64.